The minimum Gasteiger partial charge on any atom is -0.323 e. The number of carbonyl (C=O) groups is 1. The molecule has 0 heterocycles. The van der Waals surface area contributed by atoms with E-state index in [0.29, 0.717) is 0 Å². The quantitative estimate of drug-likeness (QED) is 0.575. The second-order valence-electron chi connectivity index (χ2n) is 5.63. The summed E-state index contributed by atoms with van der Waals surface area (Å²) >= 11 is 5.94. The number of sulfonamides is 1. The Kier molecular flexibility index (Phi) is 6.01. The molecule has 0 aliphatic carbocycles. The number of anilines is 2. The van der Waals surface area contributed by atoms with E-state index in [0.717, 1.165) is 34.8 Å². The molecule has 1 atom stereocenters. The van der Waals surface area contributed by atoms with Gasteiger partial charge in [-0.25, -0.2) is 12.8 Å². The third-order valence-corrected chi connectivity index (χ3v) is 5.14. The van der Waals surface area contributed by atoms with Gasteiger partial charge in [-0.1, -0.05) is 17.7 Å². The molecule has 0 aliphatic rings. The van der Waals surface area contributed by atoms with Crippen LogP contribution >= 0.6 is 11.6 Å². The molecule has 0 saturated heterocycles. The SMILES string of the molecule is C[C@@H](C(=O)Nc1cc([N+](=O)[O-])ccc1Cl)N(c1cccc(F)c1)S(C)(=O)=O. The van der Waals surface area contributed by atoms with Gasteiger partial charge in [0.2, 0.25) is 15.9 Å². The molecule has 0 bridgehead atoms. The number of hydrogen-bond donors (Lipinski definition) is 1. The van der Waals surface area contributed by atoms with Crippen LogP contribution in [-0.4, -0.2) is 31.5 Å². The van der Waals surface area contributed by atoms with Crippen LogP contribution in [0.3, 0.4) is 0 Å². The predicted octanol–water partition coefficient (Wildman–Crippen LogP) is 3.18. The van der Waals surface area contributed by atoms with Crippen molar-refractivity contribution in [3.63, 3.8) is 0 Å². The number of amides is 1. The van der Waals surface area contributed by atoms with Crippen molar-refractivity contribution < 1.29 is 22.5 Å². The number of non-ortho nitro benzene ring substituents is 1. The molecule has 11 heteroatoms. The average molecular weight is 416 g/mol. The average Bonchev–Trinajstić information content (AvgIpc) is 2.55. The Balaban J connectivity index is 2.36. The third kappa shape index (κ3) is 4.92. The third-order valence-electron chi connectivity index (χ3n) is 3.57. The van der Waals surface area contributed by atoms with Crippen LogP contribution in [-0.2, 0) is 14.8 Å². The first-order valence-electron chi connectivity index (χ1n) is 7.50. The van der Waals surface area contributed by atoms with Crippen LogP contribution in [0.15, 0.2) is 42.5 Å². The van der Waals surface area contributed by atoms with Gasteiger partial charge in [-0.15, -0.1) is 0 Å². The topological polar surface area (TPSA) is 110 Å². The summed E-state index contributed by atoms with van der Waals surface area (Å²) in [5.74, 6) is -1.47. The normalized spacial score (nSPS) is 12.3. The lowest BCUT2D eigenvalue weighted by molar-refractivity contribution is -0.384. The van der Waals surface area contributed by atoms with Crippen LogP contribution < -0.4 is 9.62 Å². The lowest BCUT2D eigenvalue weighted by Crippen LogP contribution is -2.45. The molecule has 2 aromatic rings. The molecule has 8 nitrogen and oxygen atoms in total. The van der Waals surface area contributed by atoms with Crippen LogP contribution in [0.1, 0.15) is 6.92 Å². The summed E-state index contributed by atoms with van der Waals surface area (Å²) in [5, 5.41) is 13.3. The van der Waals surface area contributed by atoms with Crippen molar-refractivity contribution in [3.8, 4) is 0 Å². The first-order valence-corrected chi connectivity index (χ1v) is 9.73. The minimum atomic E-state index is -3.94. The summed E-state index contributed by atoms with van der Waals surface area (Å²) < 4.78 is 38.6. The van der Waals surface area contributed by atoms with E-state index in [1.807, 2.05) is 0 Å². The molecule has 27 heavy (non-hydrogen) atoms. The summed E-state index contributed by atoms with van der Waals surface area (Å²) in [6, 6.07) is 6.94. The monoisotopic (exact) mass is 415 g/mol. The number of benzene rings is 2. The van der Waals surface area contributed by atoms with Gasteiger partial charge in [0.1, 0.15) is 11.9 Å². The first-order chi connectivity index (χ1) is 12.5. The number of nitrogens with one attached hydrogen (secondary N) is 1. The Morgan fingerprint density at radius 3 is 2.52 bits per heavy atom. The zero-order valence-corrected chi connectivity index (χ0v) is 15.8. The molecule has 0 unspecified atom stereocenters. The largest absolute Gasteiger partial charge is 0.323 e. The highest BCUT2D eigenvalue weighted by Gasteiger charge is 2.30. The van der Waals surface area contributed by atoms with Gasteiger partial charge in [0, 0.05) is 12.1 Å². The second kappa shape index (κ2) is 7.89. The van der Waals surface area contributed by atoms with E-state index in [-0.39, 0.29) is 22.1 Å². The van der Waals surface area contributed by atoms with Crippen molar-refractivity contribution in [3.05, 3.63) is 63.4 Å². The number of rotatable bonds is 6. The Hall–Kier alpha value is -2.72. The number of nitro groups is 1. The van der Waals surface area contributed by atoms with Crippen molar-refractivity contribution >= 4 is 44.6 Å². The molecule has 1 N–H and O–H groups in total. The summed E-state index contributed by atoms with van der Waals surface area (Å²) in [6.07, 6.45) is 0.877. The Bertz CT molecular complexity index is 999. The van der Waals surface area contributed by atoms with Crippen LogP contribution in [0.25, 0.3) is 0 Å². The van der Waals surface area contributed by atoms with Gasteiger partial charge in [0.25, 0.3) is 5.69 Å². The van der Waals surface area contributed by atoms with E-state index in [9.17, 15) is 27.7 Å². The van der Waals surface area contributed by atoms with E-state index in [1.54, 1.807) is 0 Å². The van der Waals surface area contributed by atoms with Gasteiger partial charge < -0.3 is 5.32 Å². The van der Waals surface area contributed by atoms with Gasteiger partial charge in [0.15, 0.2) is 0 Å². The van der Waals surface area contributed by atoms with Gasteiger partial charge in [0.05, 0.1) is 27.6 Å². The Labute approximate surface area is 159 Å². The standard InChI is InChI=1S/C16H15ClFN3O5S/c1-10(20(27(2,25)26)12-5-3-4-11(18)8-12)16(22)19-15-9-13(21(23)24)6-7-14(15)17/h3-10H,1-2H3,(H,19,22)/t10-/m0/s1. The zero-order chi connectivity index (χ0) is 20.4. The lowest BCUT2D eigenvalue weighted by atomic mass is 10.2. The maximum Gasteiger partial charge on any atom is 0.271 e. The van der Waals surface area contributed by atoms with Crippen molar-refractivity contribution in [1.29, 1.82) is 0 Å². The number of halogens is 2. The van der Waals surface area contributed by atoms with Crippen LogP contribution in [0, 0.1) is 15.9 Å². The number of carbonyl (C=O) groups excluding carboxylic acids is 1. The highest BCUT2D eigenvalue weighted by molar-refractivity contribution is 7.92. The van der Waals surface area contributed by atoms with Gasteiger partial charge in [-0.3, -0.25) is 19.2 Å². The zero-order valence-electron chi connectivity index (χ0n) is 14.2. The molecular formula is C16H15ClFN3O5S. The fraction of sp³-hybridized carbons (Fsp3) is 0.188. The van der Waals surface area contributed by atoms with E-state index < -0.39 is 32.7 Å². The molecule has 0 radical (unpaired) electrons. The fourth-order valence-electron chi connectivity index (χ4n) is 2.38. The second-order valence-corrected chi connectivity index (χ2v) is 7.89. The summed E-state index contributed by atoms with van der Waals surface area (Å²) in [5.41, 5.74) is -0.381. The van der Waals surface area contributed by atoms with Gasteiger partial charge >= 0.3 is 0 Å². The van der Waals surface area contributed by atoms with E-state index in [1.165, 1.54) is 25.1 Å². The summed E-state index contributed by atoms with van der Waals surface area (Å²) in [7, 11) is -3.94. The molecule has 0 spiro atoms. The highest BCUT2D eigenvalue weighted by Crippen LogP contribution is 2.28. The minimum absolute atomic E-state index is 0.0368. The number of hydrogen-bond acceptors (Lipinski definition) is 5. The highest BCUT2D eigenvalue weighted by atomic mass is 35.5. The Morgan fingerprint density at radius 1 is 1.30 bits per heavy atom. The molecule has 0 fully saturated rings. The smallest absolute Gasteiger partial charge is 0.271 e. The van der Waals surface area contributed by atoms with Gasteiger partial charge in [-0.05, 0) is 31.2 Å². The van der Waals surface area contributed by atoms with Crippen LogP contribution in [0.2, 0.25) is 5.02 Å². The van der Waals surface area contributed by atoms with E-state index in [2.05, 4.69) is 5.32 Å². The number of nitro benzene ring substituents is 1. The van der Waals surface area contributed by atoms with Crippen molar-refractivity contribution in [2.75, 3.05) is 15.9 Å². The van der Waals surface area contributed by atoms with Crippen molar-refractivity contribution in [1.82, 2.24) is 0 Å². The van der Waals surface area contributed by atoms with Gasteiger partial charge in [-0.2, -0.15) is 0 Å². The summed E-state index contributed by atoms with van der Waals surface area (Å²) in [6.45, 7) is 1.30. The van der Waals surface area contributed by atoms with Crippen LogP contribution in [0.4, 0.5) is 21.5 Å². The molecule has 0 saturated carbocycles. The summed E-state index contributed by atoms with van der Waals surface area (Å²) in [4.78, 5) is 22.8. The van der Waals surface area contributed by atoms with Crippen LogP contribution in [0.5, 0.6) is 0 Å². The molecule has 2 rings (SSSR count). The number of nitrogens with zero attached hydrogens (tertiary/aromatic N) is 2. The molecule has 0 aromatic heterocycles. The molecule has 144 valence electrons. The molecular weight excluding hydrogens is 401 g/mol. The molecule has 2 aromatic carbocycles. The van der Waals surface area contributed by atoms with Crippen molar-refractivity contribution in [2.24, 2.45) is 0 Å². The predicted molar refractivity (Wildman–Crippen MR) is 99.9 cm³/mol. The van der Waals surface area contributed by atoms with Crippen molar-refractivity contribution in [2.45, 2.75) is 13.0 Å². The molecule has 0 aliphatic heterocycles. The molecule has 1 amide bonds. The first kappa shape index (κ1) is 20.6. The fourth-order valence-corrected chi connectivity index (χ4v) is 3.71. The lowest BCUT2D eigenvalue weighted by Gasteiger charge is -2.28. The van der Waals surface area contributed by atoms with E-state index >= 15 is 0 Å². The Morgan fingerprint density at radius 2 is 1.96 bits per heavy atom. The van der Waals surface area contributed by atoms with E-state index in [4.69, 9.17) is 11.6 Å². The maximum atomic E-state index is 13.5. The maximum absolute atomic E-state index is 13.5.